The highest BCUT2D eigenvalue weighted by Gasteiger charge is 2.18. The number of hydrogen-bond donors (Lipinski definition) is 3. The molecule has 6 nitrogen and oxygen atoms in total. The molecule has 0 aromatic carbocycles. The molecule has 1 aromatic rings. The van der Waals surface area contributed by atoms with E-state index in [1.165, 1.54) is 6.07 Å². The number of rotatable bonds is 1. The molecule has 0 fully saturated rings. The van der Waals surface area contributed by atoms with Gasteiger partial charge in [0.2, 0.25) is 5.95 Å². The Kier molecular flexibility index (Phi) is 2.48. The molecule has 0 atom stereocenters. The van der Waals surface area contributed by atoms with Crippen molar-refractivity contribution < 1.29 is 0 Å². The normalized spacial score (nSPS) is 11.4. The van der Waals surface area contributed by atoms with Crippen LogP contribution in [0.2, 0.25) is 0 Å². The van der Waals surface area contributed by atoms with Gasteiger partial charge in [-0.15, -0.1) is 0 Å². The third-order valence-electron chi connectivity index (χ3n) is 1.85. The van der Waals surface area contributed by atoms with Gasteiger partial charge in [-0.25, -0.2) is 10.8 Å². The third-order valence-corrected chi connectivity index (χ3v) is 1.85. The number of nitrogens with two attached hydrogens (primary N) is 2. The molecule has 1 rings (SSSR count). The highest BCUT2D eigenvalue weighted by Crippen LogP contribution is 2.18. The number of nitrogen functional groups attached to an aromatic ring is 2. The van der Waals surface area contributed by atoms with Crippen molar-refractivity contribution in [3.63, 3.8) is 0 Å². The zero-order valence-electron chi connectivity index (χ0n) is 8.53. The lowest BCUT2D eigenvalue weighted by Crippen LogP contribution is -2.34. The van der Waals surface area contributed by atoms with Gasteiger partial charge in [-0.2, -0.15) is 4.68 Å². The van der Waals surface area contributed by atoms with Crippen LogP contribution in [-0.4, -0.2) is 9.66 Å². The predicted molar refractivity (Wildman–Crippen MR) is 55.2 cm³/mol. The van der Waals surface area contributed by atoms with Crippen LogP contribution in [0.3, 0.4) is 0 Å². The summed E-state index contributed by atoms with van der Waals surface area (Å²) in [4.78, 5) is 15.5. The fourth-order valence-electron chi connectivity index (χ4n) is 0.977. The molecule has 0 unspecified atom stereocenters. The fraction of sp³-hybridized carbons (Fsp3) is 0.500. The topological polar surface area (TPSA) is 99.0 Å². The Balaban J connectivity index is 3.38. The van der Waals surface area contributed by atoms with Crippen molar-refractivity contribution in [1.29, 1.82) is 0 Å². The number of hydrogen-bond acceptors (Lipinski definition) is 5. The minimum absolute atomic E-state index is 0.155. The van der Waals surface area contributed by atoms with Crippen molar-refractivity contribution in [2.75, 3.05) is 11.3 Å². The molecule has 1 heterocycles. The summed E-state index contributed by atoms with van der Waals surface area (Å²) in [6.07, 6.45) is 0. The zero-order chi connectivity index (χ0) is 10.9. The molecule has 1 aromatic heterocycles. The third kappa shape index (κ3) is 1.85. The predicted octanol–water partition coefficient (Wildman–Crippen LogP) is -0.460. The summed E-state index contributed by atoms with van der Waals surface area (Å²) in [7, 11) is 0. The summed E-state index contributed by atoms with van der Waals surface area (Å²) in [6, 6.07) is 1.40. The maximum atomic E-state index is 11.4. The van der Waals surface area contributed by atoms with E-state index in [0.717, 1.165) is 4.68 Å². The lowest BCUT2D eigenvalue weighted by Gasteiger charge is -2.18. The summed E-state index contributed by atoms with van der Waals surface area (Å²) in [5.41, 5.74) is 2.38. The van der Waals surface area contributed by atoms with Crippen molar-refractivity contribution in [2.24, 2.45) is 5.84 Å². The van der Waals surface area contributed by atoms with Gasteiger partial charge in [-0.05, 0) is 0 Å². The molecule has 6 heteroatoms. The largest absolute Gasteiger partial charge is 0.333 e. The Morgan fingerprint density at radius 2 is 2.07 bits per heavy atom. The van der Waals surface area contributed by atoms with E-state index >= 15 is 0 Å². The second kappa shape index (κ2) is 3.30. The highest BCUT2D eigenvalue weighted by molar-refractivity contribution is 5.28. The standard InChI is InChI=1S/C8H15N5O/c1-8(2,3)5-4-6(14)13(10)7(11-5)12-9/h4H,9-10H2,1-3H3,(H,11,12). The van der Waals surface area contributed by atoms with E-state index in [4.69, 9.17) is 11.7 Å². The molecule has 0 bridgehead atoms. The van der Waals surface area contributed by atoms with Crippen LogP contribution in [0.4, 0.5) is 5.95 Å². The van der Waals surface area contributed by atoms with Gasteiger partial charge in [0.25, 0.3) is 5.56 Å². The van der Waals surface area contributed by atoms with Gasteiger partial charge < -0.3 is 5.84 Å². The first kappa shape index (κ1) is 10.5. The van der Waals surface area contributed by atoms with Crippen LogP contribution in [-0.2, 0) is 5.41 Å². The SMILES string of the molecule is CC(C)(C)c1cc(=O)n(N)c(NN)n1. The van der Waals surface area contributed by atoms with Gasteiger partial charge in [0, 0.05) is 11.5 Å². The Morgan fingerprint density at radius 3 is 2.50 bits per heavy atom. The summed E-state index contributed by atoms with van der Waals surface area (Å²) >= 11 is 0. The molecule has 0 aliphatic carbocycles. The van der Waals surface area contributed by atoms with Crippen molar-refractivity contribution in [3.05, 3.63) is 22.1 Å². The van der Waals surface area contributed by atoms with Crippen molar-refractivity contribution in [2.45, 2.75) is 26.2 Å². The average Bonchev–Trinajstić information content (AvgIpc) is 2.07. The van der Waals surface area contributed by atoms with E-state index in [2.05, 4.69) is 10.4 Å². The summed E-state index contributed by atoms with van der Waals surface area (Å²) in [6.45, 7) is 5.86. The van der Waals surface area contributed by atoms with E-state index in [1.807, 2.05) is 20.8 Å². The lowest BCUT2D eigenvalue weighted by molar-refractivity contribution is 0.563. The van der Waals surface area contributed by atoms with Crippen molar-refractivity contribution in [1.82, 2.24) is 9.66 Å². The van der Waals surface area contributed by atoms with Crippen LogP contribution in [0, 0.1) is 0 Å². The van der Waals surface area contributed by atoms with Gasteiger partial charge in [0.15, 0.2) is 0 Å². The zero-order valence-corrected chi connectivity index (χ0v) is 8.53. The molecule has 0 spiro atoms. The van der Waals surface area contributed by atoms with Gasteiger partial charge in [-0.3, -0.25) is 10.2 Å². The highest BCUT2D eigenvalue weighted by atomic mass is 16.1. The average molecular weight is 197 g/mol. The first-order valence-corrected chi connectivity index (χ1v) is 4.22. The molecule has 0 amide bonds. The Bertz CT molecular complexity index is 390. The quantitative estimate of drug-likeness (QED) is 0.418. The number of nitrogens with zero attached hydrogens (tertiary/aromatic N) is 2. The van der Waals surface area contributed by atoms with Gasteiger partial charge in [0.05, 0.1) is 5.69 Å². The van der Waals surface area contributed by atoms with E-state index in [1.54, 1.807) is 0 Å². The number of hydrazine groups is 1. The monoisotopic (exact) mass is 197 g/mol. The summed E-state index contributed by atoms with van der Waals surface area (Å²) < 4.78 is 0.870. The second-order valence-corrected chi connectivity index (χ2v) is 4.07. The van der Waals surface area contributed by atoms with Gasteiger partial charge in [0.1, 0.15) is 0 Å². The molecule has 0 aliphatic rings. The maximum Gasteiger partial charge on any atom is 0.273 e. The van der Waals surface area contributed by atoms with Crippen LogP contribution in [0.1, 0.15) is 26.5 Å². The van der Waals surface area contributed by atoms with E-state index in [-0.39, 0.29) is 16.9 Å². The van der Waals surface area contributed by atoms with Crippen LogP contribution >= 0.6 is 0 Å². The maximum absolute atomic E-state index is 11.4. The number of anilines is 1. The minimum atomic E-state index is -0.335. The molecule has 0 saturated carbocycles. The summed E-state index contributed by atoms with van der Waals surface area (Å²) in [5, 5.41) is 0. The van der Waals surface area contributed by atoms with E-state index in [9.17, 15) is 4.79 Å². The van der Waals surface area contributed by atoms with Crippen LogP contribution in [0.5, 0.6) is 0 Å². The van der Waals surface area contributed by atoms with Gasteiger partial charge >= 0.3 is 0 Å². The second-order valence-electron chi connectivity index (χ2n) is 4.07. The van der Waals surface area contributed by atoms with E-state index < -0.39 is 0 Å². The molecule has 5 N–H and O–H groups in total. The first-order chi connectivity index (χ1) is 6.36. The molecule has 0 radical (unpaired) electrons. The fourth-order valence-corrected chi connectivity index (χ4v) is 0.977. The van der Waals surface area contributed by atoms with Crippen LogP contribution < -0.4 is 22.7 Å². The lowest BCUT2D eigenvalue weighted by atomic mass is 9.92. The van der Waals surface area contributed by atoms with Crippen molar-refractivity contribution >= 4 is 5.95 Å². The van der Waals surface area contributed by atoms with Gasteiger partial charge in [-0.1, -0.05) is 20.8 Å². The van der Waals surface area contributed by atoms with Crippen LogP contribution in [0.15, 0.2) is 10.9 Å². The Labute approximate surface area is 81.9 Å². The molecule has 14 heavy (non-hydrogen) atoms. The Morgan fingerprint density at radius 1 is 1.50 bits per heavy atom. The first-order valence-electron chi connectivity index (χ1n) is 4.22. The Hall–Kier alpha value is -1.56. The number of nitrogens with one attached hydrogen (secondary N) is 1. The molecule has 78 valence electrons. The minimum Gasteiger partial charge on any atom is -0.333 e. The molecule has 0 saturated heterocycles. The number of aromatic nitrogens is 2. The smallest absolute Gasteiger partial charge is 0.273 e. The van der Waals surface area contributed by atoms with E-state index in [0.29, 0.717) is 5.69 Å². The summed E-state index contributed by atoms with van der Waals surface area (Å²) in [5.74, 6) is 10.7. The molecular weight excluding hydrogens is 182 g/mol. The molecule has 0 aliphatic heterocycles. The van der Waals surface area contributed by atoms with Crippen molar-refractivity contribution in [3.8, 4) is 0 Å². The van der Waals surface area contributed by atoms with Crippen LogP contribution in [0.25, 0.3) is 0 Å². The molecular formula is C8H15N5O.